The van der Waals surface area contributed by atoms with Crippen molar-refractivity contribution in [2.24, 2.45) is 5.92 Å². The summed E-state index contributed by atoms with van der Waals surface area (Å²) in [6, 6.07) is 47.6. The number of esters is 3. The number of carbonyl (C=O) groups is 3. The Morgan fingerprint density at radius 1 is 0.390 bits per heavy atom. The molecular weight excluding hydrogens is 973 g/mol. The van der Waals surface area contributed by atoms with Gasteiger partial charge in [-0.3, -0.25) is 0 Å². The molecule has 6 rings (SSSR count). The zero-order valence-electron chi connectivity index (χ0n) is 46.9. The molecule has 0 aliphatic rings. The molecule has 0 saturated heterocycles. The van der Waals surface area contributed by atoms with Crippen LogP contribution in [0.2, 0.25) is 0 Å². The van der Waals surface area contributed by atoms with Crippen molar-refractivity contribution in [2.75, 3.05) is 19.8 Å². The number of ether oxygens (including phenoxy) is 9. The van der Waals surface area contributed by atoms with Crippen LogP contribution in [0.1, 0.15) is 134 Å². The number of carbonyl (C=O) groups excluding carboxylic acids is 3. The van der Waals surface area contributed by atoms with Gasteiger partial charge in [-0.2, -0.15) is 0 Å². The van der Waals surface area contributed by atoms with Crippen LogP contribution >= 0.6 is 0 Å². The first kappa shape index (κ1) is 58.8. The maximum atomic E-state index is 12.4. The van der Waals surface area contributed by atoms with Crippen molar-refractivity contribution >= 4 is 17.9 Å². The van der Waals surface area contributed by atoms with Gasteiger partial charge in [0.2, 0.25) is 0 Å². The van der Waals surface area contributed by atoms with E-state index < -0.39 is 34.7 Å². The molecule has 0 radical (unpaired) electrons. The van der Waals surface area contributed by atoms with Crippen LogP contribution in [0.25, 0.3) is 0 Å². The van der Waals surface area contributed by atoms with Crippen molar-refractivity contribution in [1.82, 2.24) is 0 Å². The quantitative estimate of drug-likeness (QED) is 0.0378. The first-order valence-corrected chi connectivity index (χ1v) is 26.5. The van der Waals surface area contributed by atoms with E-state index in [-0.39, 0.29) is 31.8 Å². The smallest absolute Gasteiger partial charge is 0.344 e. The van der Waals surface area contributed by atoms with Crippen LogP contribution in [0.5, 0.6) is 34.5 Å². The van der Waals surface area contributed by atoms with Gasteiger partial charge in [-0.25, -0.2) is 14.4 Å². The fraction of sp³-hybridized carbons (Fsp3) is 0.400. The second-order valence-electron chi connectivity index (χ2n) is 22.6. The van der Waals surface area contributed by atoms with E-state index in [1.807, 2.05) is 98.7 Å². The molecule has 0 saturated carbocycles. The van der Waals surface area contributed by atoms with Gasteiger partial charge < -0.3 is 42.6 Å². The van der Waals surface area contributed by atoms with Crippen LogP contribution in [-0.4, -0.2) is 54.5 Å². The van der Waals surface area contributed by atoms with Crippen LogP contribution in [-0.2, 0) is 54.6 Å². The van der Waals surface area contributed by atoms with Gasteiger partial charge in [0.15, 0.2) is 19.8 Å². The zero-order valence-corrected chi connectivity index (χ0v) is 46.9. The summed E-state index contributed by atoms with van der Waals surface area (Å²) >= 11 is 0. The van der Waals surface area contributed by atoms with E-state index in [0.717, 1.165) is 36.0 Å². The summed E-state index contributed by atoms with van der Waals surface area (Å²) in [5, 5.41) is 0. The van der Waals surface area contributed by atoms with Crippen LogP contribution in [0, 0.1) is 5.92 Å². The molecule has 0 N–H and O–H groups in total. The molecule has 0 aromatic heterocycles. The molecule has 12 nitrogen and oxygen atoms in total. The van der Waals surface area contributed by atoms with Gasteiger partial charge in [-0.15, -0.1) is 0 Å². The van der Waals surface area contributed by atoms with Gasteiger partial charge in [-0.05, 0) is 206 Å². The summed E-state index contributed by atoms with van der Waals surface area (Å²) < 4.78 is 52.4. The van der Waals surface area contributed by atoms with Gasteiger partial charge in [0, 0.05) is 0 Å². The van der Waals surface area contributed by atoms with Crippen molar-refractivity contribution in [1.29, 1.82) is 0 Å². The van der Waals surface area contributed by atoms with E-state index in [2.05, 4.69) is 86.6 Å². The summed E-state index contributed by atoms with van der Waals surface area (Å²) in [5.41, 5.74) is 5.00. The third-order valence-corrected chi connectivity index (χ3v) is 11.6. The monoisotopic (exact) mass is 1050 g/mol. The normalized spacial score (nSPS) is 12.5. The van der Waals surface area contributed by atoms with Crippen molar-refractivity contribution in [3.05, 3.63) is 179 Å². The maximum absolute atomic E-state index is 12.4. The lowest BCUT2D eigenvalue weighted by atomic mass is 9.85. The molecule has 0 bridgehead atoms. The summed E-state index contributed by atoms with van der Waals surface area (Å²) in [6.45, 7) is 21.0. The Labute approximate surface area is 456 Å². The van der Waals surface area contributed by atoms with E-state index in [9.17, 15) is 14.4 Å². The second-order valence-corrected chi connectivity index (χ2v) is 22.6. The Bertz CT molecular complexity index is 2750. The van der Waals surface area contributed by atoms with E-state index in [4.69, 9.17) is 42.6 Å². The summed E-state index contributed by atoms with van der Waals surface area (Å²) in [4.78, 5) is 36.7. The highest BCUT2D eigenvalue weighted by Gasteiger charge is 2.24. The van der Waals surface area contributed by atoms with Gasteiger partial charge in [-0.1, -0.05) is 86.6 Å². The molecule has 2 atom stereocenters. The van der Waals surface area contributed by atoms with Gasteiger partial charge >= 0.3 is 17.9 Å². The molecule has 0 aliphatic carbocycles. The Morgan fingerprint density at radius 2 is 0.714 bits per heavy atom. The molecule has 6 aromatic carbocycles. The number of hydrogen-bond donors (Lipinski definition) is 0. The zero-order chi connectivity index (χ0) is 55.6. The Morgan fingerprint density at radius 3 is 1.08 bits per heavy atom. The highest BCUT2D eigenvalue weighted by molar-refractivity contribution is 5.72. The lowest BCUT2D eigenvalue weighted by Gasteiger charge is -2.26. The molecule has 0 spiro atoms. The molecule has 0 heterocycles. The van der Waals surface area contributed by atoms with Crippen LogP contribution in [0.4, 0.5) is 0 Å². The minimum absolute atomic E-state index is 0.0917. The molecule has 0 aliphatic heterocycles. The van der Waals surface area contributed by atoms with Crippen LogP contribution in [0.3, 0.4) is 0 Å². The standard InChI is InChI=1S/C65H78O12/c1-45(2)38-47-14-12-46(13-15-47)16-25-52(50-21-17-48(18-22-50)40-69-53-26-30-55(31-27-53)71-42-60(66)75-63(3,4)5)39-59(74-58-36-34-57(35-37-58)73-44-62(68)77-65(9,10)11)51-23-19-49(20-24-51)41-70-54-28-32-56(33-29-54)72-43-61(67)76-64(6,7)8/h12-15,17-24,26-37,45,52,59H,16,25,38-44H2,1-11H3. The molecule has 12 heteroatoms. The maximum Gasteiger partial charge on any atom is 0.344 e. The van der Waals surface area contributed by atoms with Gasteiger partial charge in [0.1, 0.15) is 70.6 Å². The average Bonchev–Trinajstić information content (AvgIpc) is 3.37. The van der Waals surface area contributed by atoms with Gasteiger partial charge in [0.25, 0.3) is 0 Å². The minimum atomic E-state index is -0.613. The van der Waals surface area contributed by atoms with Gasteiger partial charge in [0.05, 0.1) is 0 Å². The second kappa shape index (κ2) is 27.5. The van der Waals surface area contributed by atoms with Crippen molar-refractivity contribution in [3.63, 3.8) is 0 Å². The largest absolute Gasteiger partial charge is 0.489 e. The van der Waals surface area contributed by atoms with E-state index >= 15 is 0 Å². The lowest BCUT2D eigenvalue weighted by Crippen LogP contribution is -2.27. The van der Waals surface area contributed by atoms with Crippen molar-refractivity contribution < 1.29 is 57.0 Å². The first-order chi connectivity index (χ1) is 36.5. The van der Waals surface area contributed by atoms with E-state index in [1.54, 1.807) is 36.4 Å². The molecular formula is C65H78O12. The molecule has 6 aromatic rings. The number of hydrogen-bond acceptors (Lipinski definition) is 12. The molecule has 2 unspecified atom stereocenters. The topological polar surface area (TPSA) is 134 Å². The molecule has 410 valence electrons. The summed E-state index contributed by atoms with van der Waals surface area (Å²) in [7, 11) is 0. The third-order valence-electron chi connectivity index (χ3n) is 11.6. The number of benzene rings is 6. The predicted octanol–water partition coefficient (Wildman–Crippen LogP) is 14.1. The minimum Gasteiger partial charge on any atom is -0.489 e. The van der Waals surface area contributed by atoms with Crippen LogP contribution in [0.15, 0.2) is 146 Å². The number of rotatable bonds is 26. The predicted molar refractivity (Wildman–Crippen MR) is 299 cm³/mol. The highest BCUT2D eigenvalue weighted by atomic mass is 16.6. The average molecular weight is 1050 g/mol. The van der Waals surface area contributed by atoms with Crippen molar-refractivity contribution in [3.8, 4) is 34.5 Å². The van der Waals surface area contributed by atoms with E-state index in [0.29, 0.717) is 60.0 Å². The van der Waals surface area contributed by atoms with Crippen molar-refractivity contribution in [2.45, 2.75) is 144 Å². The third kappa shape index (κ3) is 22.0. The Balaban J connectivity index is 1.19. The van der Waals surface area contributed by atoms with Crippen LogP contribution < -0.4 is 28.4 Å². The molecule has 0 fully saturated rings. The highest BCUT2D eigenvalue weighted by Crippen LogP contribution is 2.37. The molecule has 77 heavy (non-hydrogen) atoms. The SMILES string of the molecule is CC(C)Cc1ccc(CCC(CC(Oc2ccc(OCC(=O)OC(C)(C)C)cc2)c2ccc(COc3ccc(OCC(=O)OC(C)(C)C)cc3)cc2)c2ccc(COc3ccc(OCC(=O)OC(C)(C)C)cc3)cc2)cc1. The summed E-state index contributed by atoms with van der Waals surface area (Å²) in [6.07, 6.45) is 3.09. The Kier molecular flexibility index (Phi) is 21.0. The molecule has 0 amide bonds. The lowest BCUT2D eigenvalue weighted by molar-refractivity contribution is -0.158. The van der Waals surface area contributed by atoms with E-state index in [1.165, 1.54) is 16.7 Å². The first-order valence-electron chi connectivity index (χ1n) is 26.5. The number of aryl methyl sites for hydroxylation is 1. The fourth-order valence-corrected chi connectivity index (χ4v) is 8.22. The fourth-order valence-electron chi connectivity index (χ4n) is 8.22. The summed E-state index contributed by atoms with van der Waals surface area (Å²) in [5.74, 6) is 2.95. The Hall–Kier alpha value is -7.47.